The van der Waals surface area contributed by atoms with Gasteiger partial charge < -0.3 is 19.7 Å². The number of benzene rings is 1. The minimum atomic E-state index is -0.846. The molecule has 3 N–H and O–H groups in total. The summed E-state index contributed by atoms with van der Waals surface area (Å²) in [4.78, 5) is 10.2. The van der Waals surface area contributed by atoms with Crippen LogP contribution in [0.5, 0.6) is 0 Å². The van der Waals surface area contributed by atoms with Gasteiger partial charge in [-0.3, -0.25) is 10.1 Å². The third kappa shape index (κ3) is 5.90. The van der Waals surface area contributed by atoms with Crippen LogP contribution in [0.3, 0.4) is 0 Å². The molecule has 0 fully saturated rings. The summed E-state index contributed by atoms with van der Waals surface area (Å²) in [5.74, 6) is 0.896. The number of non-ortho nitro benzene ring substituents is 1. The first-order valence-electron chi connectivity index (χ1n) is 9.05. The number of aliphatic hydroxyl groups excluding tert-OH is 3. The molecule has 1 heterocycles. The van der Waals surface area contributed by atoms with Gasteiger partial charge in [-0.25, -0.2) is 0 Å². The van der Waals surface area contributed by atoms with E-state index in [0.29, 0.717) is 23.5 Å². The number of nitrogens with zero attached hydrogens (tertiary/aromatic N) is 1. The maximum atomic E-state index is 10.7. The van der Waals surface area contributed by atoms with Gasteiger partial charge in [-0.1, -0.05) is 13.8 Å². The highest BCUT2D eigenvalue weighted by Gasteiger charge is 2.15. The van der Waals surface area contributed by atoms with E-state index < -0.39 is 17.1 Å². The summed E-state index contributed by atoms with van der Waals surface area (Å²) < 4.78 is 5.31. The maximum absolute atomic E-state index is 10.7. The number of hydrogen-bond acceptors (Lipinski definition) is 6. The molecule has 0 aliphatic heterocycles. The zero-order valence-electron chi connectivity index (χ0n) is 15.9. The van der Waals surface area contributed by atoms with Crippen LogP contribution in [0.4, 0.5) is 5.69 Å². The smallest absolute Gasteiger partial charge is 0.269 e. The highest BCUT2D eigenvalue weighted by molar-refractivity contribution is 5.34. The Bertz CT molecular complexity index is 846. The van der Waals surface area contributed by atoms with Crippen molar-refractivity contribution in [2.24, 2.45) is 5.92 Å². The van der Waals surface area contributed by atoms with Gasteiger partial charge in [0.25, 0.3) is 5.69 Å². The minimum absolute atomic E-state index is 0.0215. The van der Waals surface area contributed by atoms with Crippen LogP contribution in [0.15, 0.2) is 58.2 Å². The van der Waals surface area contributed by atoms with Crippen molar-refractivity contribution in [3.05, 3.63) is 81.0 Å². The number of hydrogen-bond donors (Lipinski definition) is 3. The second kappa shape index (κ2) is 10.0. The normalized spacial score (nSPS) is 13.1. The first kappa shape index (κ1) is 21.6. The molecule has 2 aromatic rings. The fourth-order valence-corrected chi connectivity index (χ4v) is 2.68. The number of aliphatic hydroxyl groups is 3. The van der Waals surface area contributed by atoms with Crippen molar-refractivity contribution in [2.75, 3.05) is 0 Å². The average Bonchev–Trinajstić information content (AvgIpc) is 3.16. The van der Waals surface area contributed by atoms with Gasteiger partial charge in [0.2, 0.25) is 0 Å². The SMILES string of the molecule is CC(C)C(=C=CC[C@@H](O)c1ccc(CO)o1)C[C@@H](O)c1ccc([N+](=O)[O-])cc1. The average molecular weight is 387 g/mol. The largest absolute Gasteiger partial charge is 0.461 e. The number of furan rings is 1. The van der Waals surface area contributed by atoms with E-state index >= 15 is 0 Å². The molecule has 0 saturated carbocycles. The molecule has 28 heavy (non-hydrogen) atoms. The van der Waals surface area contributed by atoms with Gasteiger partial charge >= 0.3 is 0 Å². The third-order valence-electron chi connectivity index (χ3n) is 4.39. The molecular weight excluding hydrogens is 362 g/mol. The second-order valence-electron chi connectivity index (χ2n) is 6.81. The zero-order valence-corrected chi connectivity index (χ0v) is 15.9. The van der Waals surface area contributed by atoms with Crippen molar-refractivity contribution in [3.8, 4) is 0 Å². The molecule has 2 rings (SSSR count). The molecule has 0 radical (unpaired) electrons. The van der Waals surface area contributed by atoms with Gasteiger partial charge in [0.1, 0.15) is 24.2 Å². The molecule has 0 unspecified atom stereocenters. The maximum Gasteiger partial charge on any atom is 0.269 e. The molecule has 0 saturated heterocycles. The minimum Gasteiger partial charge on any atom is -0.461 e. The summed E-state index contributed by atoms with van der Waals surface area (Å²) in [7, 11) is 0. The van der Waals surface area contributed by atoms with Crippen LogP contribution < -0.4 is 0 Å². The van der Waals surface area contributed by atoms with Gasteiger partial charge in [0, 0.05) is 25.0 Å². The van der Waals surface area contributed by atoms with Crippen LogP contribution in [0.1, 0.15) is 56.0 Å². The Balaban J connectivity index is 2.06. The van der Waals surface area contributed by atoms with Crippen molar-refractivity contribution >= 4 is 5.69 Å². The molecule has 1 aromatic heterocycles. The second-order valence-corrected chi connectivity index (χ2v) is 6.81. The van der Waals surface area contributed by atoms with Gasteiger partial charge in [-0.05, 0) is 47.4 Å². The molecular formula is C21H25NO6. The summed E-state index contributed by atoms with van der Waals surface area (Å²) >= 11 is 0. The molecule has 0 amide bonds. The zero-order chi connectivity index (χ0) is 20.7. The number of nitro groups is 1. The predicted molar refractivity (Wildman–Crippen MR) is 103 cm³/mol. The molecule has 7 nitrogen and oxygen atoms in total. The van der Waals surface area contributed by atoms with E-state index in [1.165, 1.54) is 12.1 Å². The van der Waals surface area contributed by atoms with E-state index in [-0.39, 0.29) is 24.6 Å². The van der Waals surface area contributed by atoms with Crippen LogP contribution in [-0.4, -0.2) is 20.2 Å². The van der Waals surface area contributed by atoms with Crippen molar-refractivity contribution < 1.29 is 24.7 Å². The molecule has 7 heteroatoms. The van der Waals surface area contributed by atoms with Crippen molar-refractivity contribution in [1.29, 1.82) is 0 Å². The Morgan fingerprint density at radius 1 is 1.18 bits per heavy atom. The van der Waals surface area contributed by atoms with Crippen LogP contribution in [0.25, 0.3) is 0 Å². The Labute approximate surface area is 163 Å². The molecule has 2 atom stereocenters. The van der Waals surface area contributed by atoms with Crippen molar-refractivity contribution in [1.82, 2.24) is 0 Å². The lowest BCUT2D eigenvalue weighted by Gasteiger charge is -2.15. The van der Waals surface area contributed by atoms with Gasteiger partial charge in [0.15, 0.2) is 0 Å². The molecule has 1 aromatic carbocycles. The van der Waals surface area contributed by atoms with Crippen molar-refractivity contribution in [2.45, 2.75) is 45.5 Å². The summed E-state index contributed by atoms with van der Waals surface area (Å²) in [6.45, 7) is 3.74. The predicted octanol–water partition coefficient (Wildman–Crippen LogP) is 3.96. The first-order valence-corrected chi connectivity index (χ1v) is 9.05. The number of nitro benzene ring substituents is 1. The molecule has 0 spiro atoms. The van der Waals surface area contributed by atoms with E-state index in [1.54, 1.807) is 30.3 Å². The summed E-state index contributed by atoms with van der Waals surface area (Å²) in [6, 6.07) is 9.06. The van der Waals surface area contributed by atoms with Crippen molar-refractivity contribution in [3.63, 3.8) is 0 Å². The first-order chi connectivity index (χ1) is 13.3. The van der Waals surface area contributed by atoms with Crippen LogP contribution >= 0.6 is 0 Å². The molecule has 150 valence electrons. The Morgan fingerprint density at radius 3 is 2.39 bits per heavy atom. The standard InChI is InChI=1S/C21H25NO6/c1-14(2)16(4-3-5-19(24)21-11-10-18(13-23)28-21)12-20(25)15-6-8-17(9-7-15)22(26)27/h3,6-11,14,19-20,23-25H,5,12-13H2,1-2H3/t4?,19-,20-/m1/s1. The fourth-order valence-electron chi connectivity index (χ4n) is 2.68. The van der Waals surface area contributed by atoms with Gasteiger partial charge in [-0.2, -0.15) is 0 Å². The van der Waals surface area contributed by atoms with Gasteiger partial charge in [-0.15, -0.1) is 5.73 Å². The van der Waals surface area contributed by atoms with E-state index in [2.05, 4.69) is 5.73 Å². The highest BCUT2D eigenvalue weighted by Crippen LogP contribution is 2.26. The lowest BCUT2D eigenvalue weighted by Crippen LogP contribution is -2.03. The lowest BCUT2D eigenvalue weighted by molar-refractivity contribution is -0.384. The van der Waals surface area contributed by atoms with Crippen LogP contribution in [-0.2, 0) is 6.61 Å². The van der Waals surface area contributed by atoms with E-state index in [4.69, 9.17) is 9.52 Å². The van der Waals surface area contributed by atoms with Crippen LogP contribution in [0, 0.1) is 16.0 Å². The summed E-state index contributed by atoms with van der Waals surface area (Å²) in [6.07, 6.45) is 0.658. The van der Waals surface area contributed by atoms with E-state index in [1.807, 2.05) is 13.8 Å². The monoisotopic (exact) mass is 387 g/mol. The van der Waals surface area contributed by atoms with Crippen LogP contribution in [0.2, 0.25) is 0 Å². The summed E-state index contributed by atoms with van der Waals surface area (Å²) in [5.41, 5.74) is 4.59. The Hall–Kier alpha value is -2.70. The Morgan fingerprint density at radius 2 is 1.86 bits per heavy atom. The molecule has 0 bridgehead atoms. The van der Waals surface area contributed by atoms with E-state index in [9.17, 15) is 20.3 Å². The number of rotatable bonds is 9. The quantitative estimate of drug-likeness (QED) is 0.340. The van der Waals surface area contributed by atoms with Gasteiger partial charge in [0.05, 0.1) is 11.0 Å². The topological polar surface area (TPSA) is 117 Å². The lowest BCUT2D eigenvalue weighted by atomic mass is 9.94. The molecule has 0 aliphatic rings. The highest BCUT2D eigenvalue weighted by atomic mass is 16.6. The van der Waals surface area contributed by atoms with E-state index in [0.717, 1.165) is 5.57 Å². The third-order valence-corrected chi connectivity index (χ3v) is 4.39. The summed E-state index contributed by atoms with van der Waals surface area (Å²) in [5, 5.41) is 40.3. The fraction of sp³-hybridized carbons (Fsp3) is 0.381. The molecule has 0 aliphatic carbocycles. The Kier molecular flexibility index (Phi) is 7.72.